The molecule has 0 saturated heterocycles. The molecule has 0 amide bonds. The number of hydrogen-bond acceptors (Lipinski definition) is 5. The van der Waals surface area contributed by atoms with Gasteiger partial charge in [0.25, 0.3) is 0 Å². The van der Waals surface area contributed by atoms with Crippen LogP contribution in [-0.4, -0.2) is 33.6 Å². The van der Waals surface area contributed by atoms with E-state index in [1.165, 1.54) is 8.97 Å². The van der Waals surface area contributed by atoms with Gasteiger partial charge in [0.1, 0.15) is 11.3 Å². The van der Waals surface area contributed by atoms with E-state index in [0.717, 1.165) is 18.5 Å². The van der Waals surface area contributed by atoms with Gasteiger partial charge in [0.05, 0.1) is 31.3 Å². The Morgan fingerprint density at radius 2 is 2.00 bits per heavy atom. The van der Waals surface area contributed by atoms with Crippen LogP contribution in [0.3, 0.4) is 0 Å². The summed E-state index contributed by atoms with van der Waals surface area (Å²) in [6.45, 7) is 1.95. The van der Waals surface area contributed by atoms with Gasteiger partial charge in [-0.05, 0) is 44.0 Å². The molecule has 7 nitrogen and oxygen atoms in total. The lowest BCUT2D eigenvalue weighted by Gasteiger charge is -2.08. The van der Waals surface area contributed by atoms with E-state index in [-0.39, 0.29) is 18.0 Å². The van der Waals surface area contributed by atoms with Crippen molar-refractivity contribution < 1.29 is 14.3 Å². The minimum absolute atomic E-state index is 0.178. The summed E-state index contributed by atoms with van der Waals surface area (Å²) in [5.41, 5.74) is 1.74. The van der Waals surface area contributed by atoms with Gasteiger partial charge in [-0.2, -0.15) is 0 Å². The highest BCUT2D eigenvalue weighted by Crippen LogP contribution is 2.38. The molecule has 3 aromatic rings. The fraction of sp³-hybridized carbons (Fsp3) is 0.316. The zero-order chi connectivity index (χ0) is 18.3. The second kappa shape index (κ2) is 6.33. The molecule has 4 rings (SSSR count). The number of nitrogens with zero attached hydrogens (tertiary/aromatic N) is 3. The van der Waals surface area contributed by atoms with Crippen LogP contribution >= 0.6 is 0 Å². The molecule has 0 radical (unpaired) electrons. The average molecular weight is 353 g/mol. The summed E-state index contributed by atoms with van der Waals surface area (Å²) >= 11 is 0. The van der Waals surface area contributed by atoms with Crippen molar-refractivity contribution in [3.05, 3.63) is 58.5 Å². The highest BCUT2D eigenvalue weighted by molar-refractivity contribution is 5.96. The molecule has 2 aromatic heterocycles. The number of ether oxygens (including phenoxy) is 2. The fourth-order valence-electron chi connectivity index (χ4n) is 3.04. The topological polar surface area (TPSA) is 74.8 Å². The summed E-state index contributed by atoms with van der Waals surface area (Å²) in [4.78, 5) is 30.1. The van der Waals surface area contributed by atoms with Crippen molar-refractivity contribution in [3.8, 4) is 11.4 Å². The van der Waals surface area contributed by atoms with E-state index in [2.05, 4.69) is 4.98 Å². The SMILES string of the molecule is CCOC(=O)c1c2cnc(C3CC3)cn2c(=O)n1-c1ccc(OC)cc1. The van der Waals surface area contributed by atoms with Crippen LogP contribution < -0.4 is 10.4 Å². The molecular formula is C19H19N3O4. The molecule has 0 N–H and O–H groups in total. The number of esters is 1. The maximum Gasteiger partial charge on any atom is 0.357 e. The molecule has 2 heterocycles. The first-order valence-corrected chi connectivity index (χ1v) is 8.58. The van der Waals surface area contributed by atoms with Gasteiger partial charge in [-0.25, -0.2) is 9.59 Å². The molecule has 0 unspecified atom stereocenters. The van der Waals surface area contributed by atoms with Crippen molar-refractivity contribution in [2.45, 2.75) is 25.7 Å². The number of methoxy groups -OCH3 is 1. The fourth-order valence-corrected chi connectivity index (χ4v) is 3.04. The molecule has 7 heteroatoms. The molecule has 0 aliphatic heterocycles. The third kappa shape index (κ3) is 2.65. The van der Waals surface area contributed by atoms with Gasteiger partial charge in [0.15, 0.2) is 5.69 Å². The molecule has 0 spiro atoms. The summed E-state index contributed by atoms with van der Waals surface area (Å²) in [6, 6.07) is 6.95. The molecule has 26 heavy (non-hydrogen) atoms. The van der Waals surface area contributed by atoms with Crippen molar-refractivity contribution in [2.24, 2.45) is 0 Å². The second-order valence-electron chi connectivity index (χ2n) is 6.23. The maximum absolute atomic E-state index is 13.1. The normalized spacial score (nSPS) is 13.8. The van der Waals surface area contributed by atoms with Gasteiger partial charge >= 0.3 is 11.7 Å². The van der Waals surface area contributed by atoms with E-state index in [9.17, 15) is 9.59 Å². The Balaban J connectivity index is 1.96. The minimum atomic E-state index is -0.552. The summed E-state index contributed by atoms with van der Waals surface area (Å²) in [7, 11) is 1.57. The smallest absolute Gasteiger partial charge is 0.357 e. The van der Waals surface area contributed by atoms with E-state index in [4.69, 9.17) is 9.47 Å². The minimum Gasteiger partial charge on any atom is -0.497 e. The summed E-state index contributed by atoms with van der Waals surface area (Å²) in [6.07, 6.45) is 5.48. The summed E-state index contributed by atoms with van der Waals surface area (Å²) < 4.78 is 13.2. The van der Waals surface area contributed by atoms with E-state index in [1.54, 1.807) is 50.7 Å². The Morgan fingerprint density at radius 3 is 2.62 bits per heavy atom. The number of benzene rings is 1. The second-order valence-corrected chi connectivity index (χ2v) is 6.23. The Kier molecular flexibility index (Phi) is 3.99. The lowest BCUT2D eigenvalue weighted by Crippen LogP contribution is -2.22. The largest absolute Gasteiger partial charge is 0.497 e. The van der Waals surface area contributed by atoms with Crippen molar-refractivity contribution >= 4 is 11.5 Å². The van der Waals surface area contributed by atoms with Crippen LogP contribution in [-0.2, 0) is 4.74 Å². The number of hydrogen-bond donors (Lipinski definition) is 0. The number of fused-ring (bicyclic) bond motifs is 1. The Bertz CT molecular complexity index is 1030. The first kappa shape index (κ1) is 16.4. The van der Waals surface area contributed by atoms with E-state index in [0.29, 0.717) is 22.9 Å². The molecule has 134 valence electrons. The van der Waals surface area contributed by atoms with E-state index in [1.807, 2.05) is 0 Å². The first-order chi connectivity index (χ1) is 12.6. The average Bonchev–Trinajstić information content (AvgIpc) is 3.47. The molecule has 1 fully saturated rings. The van der Waals surface area contributed by atoms with Crippen molar-refractivity contribution in [1.29, 1.82) is 0 Å². The molecule has 0 bridgehead atoms. The Morgan fingerprint density at radius 1 is 1.27 bits per heavy atom. The molecular weight excluding hydrogens is 334 g/mol. The Labute approximate surface area is 149 Å². The van der Waals surface area contributed by atoms with Crippen LogP contribution in [0, 0.1) is 0 Å². The van der Waals surface area contributed by atoms with Crippen LogP contribution in [0.4, 0.5) is 0 Å². The predicted molar refractivity (Wildman–Crippen MR) is 95.3 cm³/mol. The molecule has 0 atom stereocenters. The third-order valence-corrected chi connectivity index (χ3v) is 4.52. The molecule has 1 saturated carbocycles. The highest BCUT2D eigenvalue weighted by Gasteiger charge is 2.28. The van der Waals surface area contributed by atoms with Gasteiger partial charge in [-0.3, -0.25) is 14.0 Å². The van der Waals surface area contributed by atoms with Gasteiger partial charge < -0.3 is 9.47 Å². The molecule has 1 aliphatic carbocycles. The monoisotopic (exact) mass is 353 g/mol. The molecule has 1 aromatic carbocycles. The zero-order valence-corrected chi connectivity index (χ0v) is 14.6. The van der Waals surface area contributed by atoms with Crippen molar-refractivity contribution in [2.75, 3.05) is 13.7 Å². The van der Waals surface area contributed by atoms with Gasteiger partial charge in [0.2, 0.25) is 0 Å². The lowest BCUT2D eigenvalue weighted by atomic mass is 10.2. The van der Waals surface area contributed by atoms with Gasteiger partial charge in [-0.1, -0.05) is 0 Å². The number of rotatable bonds is 5. The van der Waals surface area contributed by atoms with Crippen molar-refractivity contribution in [1.82, 2.24) is 14.0 Å². The molecule has 1 aliphatic rings. The van der Waals surface area contributed by atoms with Crippen LogP contribution in [0.25, 0.3) is 11.2 Å². The predicted octanol–water partition coefficient (Wildman–Crippen LogP) is 2.55. The van der Waals surface area contributed by atoms with Crippen LogP contribution in [0.15, 0.2) is 41.5 Å². The summed E-state index contributed by atoms with van der Waals surface area (Å²) in [5.74, 6) is 0.520. The van der Waals surface area contributed by atoms with E-state index >= 15 is 0 Å². The zero-order valence-electron chi connectivity index (χ0n) is 14.6. The van der Waals surface area contributed by atoms with Crippen LogP contribution in [0.5, 0.6) is 5.75 Å². The number of imidazole rings is 1. The van der Waals surface area contributed by atoms with E-state index < -0.39 is 5.97 Å². The number of carbonyl (C=O) groups excluding carboxylic acids is 1. The maximum atomic E-state index is 13.1. The summed E-state index contributed by atoms with van der Waals surface area (Å²) in [5, 5.41) is 0. The van der Waals surface area contributed by atoms with Crippen molar-refractivity contribution in [3.63, 3.8) is 0 Å². The first-order valence-electron chi connectivity index (χ1n) is 8.58. The number of aromatic nitrogens is 3. The van der Waals surface area contributed by atoms with Crippen LogP contribution in [0.2, 0.25) is 0 Å². The lowest BCUT2D eigenvalue weighted by molar-refractivity contribution is 0.0519. The van der Waals surface area contributed by atoms with Gasteiger partial charge in [0, 0.05) is 12.1 Å². The quantitative estimate of drug-likeness (QED) is 0.659. The Hall–Kier alpha value is -3.09. The third-order valence-electron chi connectivity index (χ3n) is 4.52. The van der Waals surface area contributed by atoms with Gasteiger partial charge in [-0.15, -0.1) is 0 Å². The highest BCUT2D eigenvalue weighted by atomic mass is 16.5. The number of carbonyl (C=O) groups is 1. The van der Waals surface area contributed by atoms with Crippen LogP contribution in [0.1, 0.15) is 41.9 Å². The standard InChI is InChI=1S/C19H19N3O4/c1-3-26-18(23)17-16-10-20-15(12-4-5-12)11-21(16)19(24)22(17)13-6-8-14(25-2)9-7-13/h6-12H,3-5H2,1-2H3.